The van der Waals surface area contributed by atoms with Gasteiger partial charge in [-0.3, -0.25) is 14.4 Å². The molecule has 6 nitrogen and oxygen atoms in total. The molecule has 3 N–H and O–H groups in total. The number of carbonyl (C=O) groups is 3. The van der Waals surface area contributed by atoms with E-state index >= 15 is 4.39 Å². The van der Waals surface area contributed by atoms with Crippen molar-refractivity contribution in [2.24, 2.45) is 0 Å². The van der Waals surface area contributed by atoms with Crippen LogP contribution in [0.3, 0.4) is 0 Å². The van der Waals surface area contributed by atoms with E-state index in [2.05, 4.69) is 5.32 Å². The SMILES string of the molecule is CCNC(=O)C(=O)NC(CC)(c1cccc(NC(=O)c2ccccc2)c1)C(F)(C(F)(F)F)C(F)(F)F. The molecule has 0 aromatic heterocycles. The fourth-order valence-electron chi connectivity index (χ4n) is 3.68. The molecule has 0 bridgehead atoms. The second-order valence-electron chi connectivity index (χ2n) is 7.63. The summed E-state index contributed by atoms with van der Waals surface area (Å²) in [5.74, 6) is -4.22. The number of anilines is 1. The number of carbonyl (C=O) groups excluding carboxylic acids is 3. The molecule has 0 heterocycles. The highest BCUT2D eigenvalue weighted by molar-refractivity contribution is 6.35. The van der Waals surface area contributed by atoms with E-state index in [-0.39, 0.29) is 17.8 Å². The van der Waals surface area contributed by atoms with Crippen LogP contribution in [-0.2, 0) is 15.1 Å². The largest absolute Gasteiger partial charge is 0.434 e. The van der Waals surface area contributed by atoms with Gasteiger partial charge in [0.25, 0.3) is 5.91 Å². The molecule has 13 heteroatoms. The average Bonchev–Trinajstić information content (AvgIpc) is 2.81. The Balaban J connectivity index is 2.72. The van der Waals surface area contributed by atoms with Gasteiger partial charge in [0, 0.05) is 17.8 Å². The van der Waals surface area contributed by atoms with Crippen LogP contribution in [0.4, 0.5) is 36.4 Å². The molecular weight excluding hydrogens is 499 g/mol. The van der Waals surface area contributed by atoms with Gasteiger partial charge in [-0.25, -0.2) is 4.39 Å². The zero-order valence-corrected chi connectivity index (χ0v) is 19.0. The van der Waals surface area contributed by atoms with E-state index < -0.39 is 53.3 Å². The molecule has 0 saturated heterocycles. The lowest BCUT2D eigenvalue weighted by Crippen LogP contribution is -2.72. The highest BCUT2D eigenvalue weighted by Crippen LogP contribution is 2.57. The first-order chi connectivity index (χ1) is 16.6. The molecule has 0 aliphatic heterocycles. The average molecular weight is 521 g/mol. The zero-order chi connectivity index (χ0) is 27.4. The lowest BCUT2D eigenvalue weighted by Gasteiger charge is -2.46. The fraction of sp³-hybridized carbons (Fsp3) is 0.348. The summed E-state index contributed by atoms with van der Waals surface area (Å²) in [4.78, 5) is 36.7. The van der Waals surface area contributed by atoms with E-state index in [4.69, 9.17) is 0 Å². The summed E-state index contributed by atoms with van der Waals surface area (Å²) >= 11 is 0. The van der Waals surface area contributed by atoms with E-state index in [0.717, 1.165) is 25.1 Å². The normalized spacial score (nSPS) is 13.9. The molecule has 0 saturated carbocycles. The number of nitrogens with one attached hydrogen (secondary N) is 3. The van der Waals surface area contributed by atoms with Gasteiger partial charge >= 0.3 is 29.8 Å². The quantitative estimate of drug-likeness (QED) is 0.367. The number of amides is 3. The third kappa shape index (κ3) is 5.29. The van der Waals surface area contributed by atoms with Gasteiger partial charge in [0.05, 0.1) is 0 Å². The molecule has 0 radical (unpaired) electrons. The van der Waals surface area contributed by atoms with Gasteiger partial charge in [-0.05, 0) is 43.2 Å². The Bertz CT molecular complexity index is 1090. The van der Waals surface area contributed by atoms with E-state index in [1.807, 2.05) is 5.32 Å². The Hall–Kier alpha value is -3.64. The maximum Gasteiger partial charge on any atom is 0.434 e. The predicted octanol–water partition coefficient (Wildman–Crippen LogP) is 4.63. The minimum absolute atomic E-state index is 0.125. The maximum atomic E-state index is 15.6. The van der Waals surface area contributed by atoms with Gasteiger partial charge in [-0.1, -0.05) is 37.3 Å². The summed E-state index contributed by atoms with van der Waals surface area (Å²) < 4.78 is 98.9. The van der Waals surface area contributed by atoms with E-state index in [1.165, 1.54) is 36.5 Å². The van der Waals surface area contributed by atoms with Crippen LogP contribution in [0.2, 0.25) is 0 Å². The van der Waals surface area contributed by atoms with Crippen LogP contribution in [0, 0.1) is 0 Å². The summed E-state index contributed by atoms with van der Waals surface area (Å²) in [7, 11) is 0. The van der Waals surface area contributed by atoms with E-state index in [0.29, 0.717) is 6.07 Å². The number of rotatable bonds is 7. The lowest BCUT2D eigenvalue weighted by atomic mass is 9.72. The van der Waals surface area contributed by atoms with Crippen LogP contribution < -0.4 is 16.0 Å². The van der Waals surface area contributed by atoms with Gasteiger partial charge in [0.1, 0.15) is 5.54 Å². The number of hydrogen-bond acceptors (Lipinski definition) is 3. The van der Waals surface area contributed by atoms with Crippen molar-refractivity contribution < 1.29 is 45.1 Å². The first-order valence-electron chi connectivity index (χ1n) is 10.5. The van der Waals surface area contributed by atoms with Crippen molar-refractivity contribution in [3.63, 3.8) is 0 Å². The minimum atomic E-state index is -6.57. The van der Waals surface area contributed by atoms with Gasteiger partial charge in [0.2, 0.25) is 0 Å². The molecule has 0 spiro atoms. The van der Waals surface area contributed by atoms with Crippen LogP contribution in [0.1, 0.15) is 36.2 Å². The van der Waals surface area contributed by atoms with Crippen molar-refractivity contribution in [3.05, 3.63) is 65.7 Å². The minimum Gasteiger partial charge on any atom is -0.348 e. The number of benzene rings is 2. The van der Waals surface area contributed by atoms with Gasteiger partial charge in [0.15, 0.2) is 0 Å². The molecule has 2 aromatic rings. The zero-order valence-electron chi connectivity index (χ0n) is 19.0. The number of hydrogen-bond donors (Lipinski definition) is 3. The lowest BCUT2D eigenvalue weighted by molar-refractivity contribution is -0.366. The van der Waals surface area contributed by atoms with Crippen molar-refractivity contribution in [3.8, 4) is 0 Å². The van der Waals surface area contributed by atoms with Crippen molar-refractivity contribution in [1.29, 1.82) is 0 Å². The van der Waals surface area contributed by atoms with Gasteiger partial charge < -0.3 is 16.0 Å². The van der Waals surface area contributed by atoms with Gasteiger partial charge in [-0.2, -0.15) is 26.3 Å². The standard InChI is InChI=1S/C23H22F7N3O3/c1-3-20(33-19(36)18(35)31-4-2,21(24,22(25,26)27)23(28,29)30)15-11-8-12-16(13-15)32-17(34)14-9-6-5-7-10-14/h5-13H,3-4H2,1-2H3,(H,31,35)(H,32,34)(H,33,36). The maximum absolute atomic E-state index is 15.6. The second kappa shape index (κ2) is 10.5. The highest BCUT2D eigenvalue weighted by atomic mass is 19.4. The van der Waals surface area contributed by atoms with Crippen LogP contribution in [0.15, 0.2) is 54.6 Å². The molecular formula is C23H22F7N3O3. The van der Waals surface area contributed by atoms with Crippen molar-refractivity contribution >= 4 is 23.4 Å². The topological polar surface area (TPSA) is 87.3 Å². The van der Waals surface area contributed by atoms with Crippen LogP contribution in [0.25, 0.3) is 0 Å². The summed E-state index contributed by atoms with van der Waals surface area (Å²) in [5, 5.41) is 5.61. The summed E-state index contributed by atoms with van der Waals surface area (Å²) in [5.41, 5.74) is -11.0. The summed E-state index contributed by atoms with van der Waals surface area (Å²) in [6.07, 6.45) is -14.4. The predicted molar refractivity (Wildman–Crippen MR) is 116 cm³/mol. The molecule has 0 aliphatic carbocycles. The molecule has 1 unspecified atom stereocenters. The highest BCUT2D eigenvalue weighted by Gasteiger charge is 2.82. The molecule has 2 rings (SSSR count). The molecule has 0 aliphatic rings. The molecule has 196 valence electrons. The monoisotopic (exact) mass is 521 g/mol. The van der Waals surface area contributed by atoms with Crippen molar-refractivity contribution in [2.45, 2.75) is 43.8 Å². The van der Waals surface area contributed by atoms with E-state index in [9.17, 15) is 40.7 Å². The molecule has 0 fully saturated rings. The summed E-state index contributed by atoms with van der Waals surface area (Å²) in [6.45, 7) is 1.97. The van der Waals surface area contributed by atoms with Gasteiger partial charge in [-0.15, -0.1) is 0 Å². The van der Waals surface area contributed by atoms with Crippen LogP contribution in [0.5, 0.6) is 0 Å². The van der Waals surface area contributed by atoms with Crippen LogP contribution >= 0.6 is 0 Å². The smallest absolute Gasteiger partial charge is 0.348 e. The molecule has 1 atom stereocenters. The first-order valence-corrected chi connectivity index (χ1v) is 10.5. The Labute approximate surface area is 201 Å². The van der Waals surface area contributed by atoms with E-state index in [1.54, 1.807) is 6.07 Å². The third-order valence-electron chi connectivity index (χ3n) is 5.42. The first kappa shape index (κ1) is 28.6. The molecule has 3 amide bonds. The number of halogens is 7. The Morgan fingerprint density at radius 3 is 1.86 bits per heavy atom. The summed E-state index contributed by atoms with van der Waals surface area (Å²) in [6, 6.07) is 11.0. The Morgan fingerprint density at radius 1 is 0.778 bits per heavy atom. The van der Waals surface area contributed by atoms with Crippen molar-refractivity contribution in [2.75, 3.05) is 11.9 Å². The molecule has 2 aromatic carbocycles. The fourth-order valence-corrected chi connectivity index (χ4v) is 3.68. The third-order valence-corrected chi connectivity index (χ3v) is 5.42. The Morgan fingerprint density at radius 2 is 1.36 bits per heavy atom. The number of alkyl halides is 7. The Kier molecular flexibility index (Phi) is 8.38. The molecule has 36 heavy (non-hydrogen) atoms. The number of likely N-dealkylation sites (N-methyl/N-ethyl adjacent to an activating group) is 1. The second-order valence-corrected chi connectivity index (χ2v) is 7.63. The van der Waals surface area contributed by atoms with Crippen LogP contribution in [-0.4, -0.2) is 42.3 Å². The van der Waals surface area contributed by atoms with Crippen molar-refractivity contribution in [1.82, 2.24) is 10.6 Å².